The molecule has 1 fully saturated rings. The lowest BCUT2D eigenvalue weighted by atomic mass is 9.86. The van der Waals surface area contributed by atoms with E-state index in [-0.39, 0.29) is 17.4 Å². The van der Waals surface area contributed by atoms with Crippen LogP contribution in [0, 0.1) is 0 Å². The Labute approximate surface area is 130 Å². The molecule has 0 bridgehead atoms. The van der Waals surface area contributed by atoms with E-state index in [1.807, 2.05) is 12.1 Å². The molecule has 110 valence electrons. The van der Waals surface area contributed by atoms with Gasteiger partial charge in [-0.05, 0) is 36.0 Å². The average Bonchev–Trinajstić information content (AvgIpc) is 2.40. The van der Waals surface area contributed by atoms with Crippen LogP contribution in [0.15, 0.2) is 24.3 Å². The Morgan fingerprint density at radius 3 is 2.30 bits per heavy atom. The number of amides is 1. The van der Waals surface area contributed by atoms with Crippen molar-refractivity contribution in [2.45, 2.75) is 62.7 Å². The number of carbonyl (C=O) groups excluding carboxylic acids is 1. The topological polar surface area (TPSA) is 29.1 Å². The molecule has 0 aliphatic heterocycles. The fourth-order valence-electron chi connectivity index (χ4n) is 2.62. The predicted molar refractivity (Wildman–Crippen MR) is 87.6 cm³/mol. The highest BCUT2D eigenvalue weighted by molar-refractivity contribution is 9.09. The van der Waals surface area contributed by atoms with Crippen LogP contribution in [0.4, 0.5) is 0 Å². The Hall–Kier alpha value is -0.830. The van der Waals surface area contributed by atoms with E-state index < -0.39 is 0 Å². The molecule has 0 spiro atoms. The maximum Gasteiger partial charge on any atom is 0.251 e. The summed E-state index contributed by atoms with van der Waals surface area (Å²) in [5.41, 5.74) is 2.13. The maximum absolute atomic E-state index is 12.3. The van der Waals surface area contributed by atoms with Gasteiger partial charge in [-0.15, -0.1) is 0 Å². The first-order chi connectivity index (χ1) is 9.38. The van der Waals surface area contributed by atoms with Gasteiger partial charge in [0.2, 0.25) is 0 Å². The smallest absolute Gasteiger partial charge is 0.251 e. The van der Waals surface area contributed by atoms with E-state index >= 15 is 0 Å². The summed E-state index contributed by atoms with van der Waals surface area (Å²) in [6.07, 6.45) is 4.67. The van der Waals surface area contributed by atoms with E-state index in [9.17, 15) is 4.79 Å². The fraction of sp³-hybridized carbons (Fsp3) is 0.588. The highest BCUT2D eigenvalue weighted by atomic mass is 79.9. The van der Waals surface area contributed by atoms with Gasteiger partial charge in [-0.25, -0.2) is 0 Å². The number of hydrogen-bond donors (Lipinski definition) is 1. The first-order valence-electron chi connectivity index (χ1n) is 7.43. The second-order valence-electron chi connectivity index (χ2n) is 6.71. The summed E-state index contributed by atoms with van der Waals surface area (Å²) in [6, 6.07) is 8.24. The van der Waals surface area contributed by atoms with Gasteiger partial charge in [-0.3, -0.25) is 4.79 Å². The molecular weight excluding hydrogens is 314 g/mol. The Morgan fingerprint density at radius 1 is 1.15 bits per heavy atom. The van der Waals surface area contributed by atoms with Crippen LogP contribution in [-0.2, 0) is 5.41 Å². The zero-order valence-corrected chi connectivity index (χ0v) is 14.2. The zero-order chi connectivity index (χ0) is 14.8. The fourth-order valence-corrected chi connectivity index (χ4v) is 3.34. The molecule has 2 nitrogen and oxygen atoms in total. The molecule has 20 heavy (non-hydrogen) atoms. The summed E-state index contributed by atoms with van der Waals surface area (Å²) in [4.78, 5) is 12.7. The maximum atomic E-state index is 12.3. The minimum Gasteiger partial charge on any atom is -0.348 e. The van der Waals surface area contributed by atoms with Gasteiger partial charge in [0.05, 0.1) is 0 Å². The molecule has 2 atom stereocenters. The summed E-state index contributed by atoms with van der Waals surface area (Å²) in [6.45, 7) is 6.54. The largest absolute Gasteiger partial charge is 0.348 e. The van der Waals surface area contributed by atoms with Crippen molar-refractivity contribution in [1.82, 2.24) is 5.32 Å². The molecule has 0 radical (unpaired) electrons. The minimum absolute atomic E-state index is 0.0433. The van der Waals surface area contributed by atoms with Crippen LogP contribution in [0.1, 0.15) is 62.4 Å². The Morgan fingerprint density at radius 2 is 1.75 bits per heavy atom. The molecule has 1 aromatic carbocycles. The van der Waals surface area contributed by atoms with Crippen LogP contribution in [0.5, 0.6) is 0 Å². The van der Waals surface area contributed by atoms with Crippen molar-refractivity contribution in [3.63, 3.8) is 0 Å². The van der Waals surface area contributed by atoms with Gasteiger partial charge < -0.3 is 5.32 Å². The molecule has 3 heteroatoms. The molecule has 0 heterocycles. The summed E-state index contributed by atoms with van der Waals surface area (Å²) in [7, 11) is 0. The van der Waals surface area contributed by atoms with Crippen molar-refractivity contribution >= 4 is 21.8 Å². The van der Waals surface area contributed by atoms with Crippen LogP contribution in [-0.4, -0.2) is 16.8 Å². The van der Waals surface area contributed by atoms with Crippen LogP contribution >= 0.6 is 15.9 Å². The summed E-state index contributed by atoms with van der Waals surface area (Å²) in [5.74, 6) is 0.0433. The molecule has 2 rings (SSSR count). The average molecular weight is 338 g/mol. The van der Waals surface area contributed by atoms with Crippen molar-refractivity contribution in [3.05, 3.63) is 35.4 Å². The second-order valence-corrected chi connectivity index (χ2v) is 7.88. The van der Waals surface area contributed by atoms with Gasteiger partial charge in [-0.2, -0.15) is 0 Å². The third-order valence-corrected chi connectivity index (χ3v) is 5.11. The zero-order valence-electron chi connectivity index (χ0n) is 12.6. The van der Waals surface area contributed by atoms with Crippen LogP contribution < -0.4 is 5.32 Å². The molecule has 1 N–H and O–H groups in total. The molecule has 1 aliphatic carbocycles. The van der Waals surface area contributed by atoms with E-state index in [1.54, 1.807) is 0 Å². The van der Waals surface area contributed by atoms with E-state index in [0.29, 0.717) is 4.83 Å². The highest BCUT2D eigenvalue weighted by Crippen LogP contribution is 2.25. The molecule has 0 saturated heterocycles. The molecule has 1 saturated carbocycles. The van der Waals surface area contributed by atoms with E-state index in [0.717, 1.165) is 18.4 Å². The molecule has 1 amide bonds. The van der Waals surface area contributed by atoms with Crippen LogP contribution in [0.3, 0.4) is 0 Å². The lowest BCUT2D eigenvalue weighted by Crippen LogP contribution is -2.42. The third-order valence-electron chi connectivity index (χ3n) is 4.01. The van der Waals surface area contributed by atoms with Crippen LogP contribution in [0.2, 0.25) is 0 Å². The van der Waals surface area contributed by atoms with Crippen molar-refractivity contribution in [3.8, 4) is 0 Å². The van der Waals surface area contributed by atoms with Gasteiger partial charge in [0.25, 0.3) is 5.91 Å². The molecular formula is C17H24BrNO. The number of benzene rings is 1. The lowest BCUT2D eigenvalue weighted by molar-refractivity contribution is 0.0930. The highest BCUT2D eigenvalue weighted by Gasteiger charge is 2.24. The minimum atomic E-state index is 0.0433. The standard InChI is InChI=1S/C17H24BrNO/c1-17(2,3)13-10-8-12(9-11-13)16(20)19-15-7-5-4-6-14(15)18/h8-11,14-15H,4-7H2,1-3H3,(H,19,20). The number of hydrogen-bond acceptors (Lipinski definition) is 1. The number of rotatable bonds is 2. The molecule has 1 aliphatic rings. The van der Waals surface area contributed by atoms with E-state index in [4.69, 9.17) is 0 Å². The molecule has 1 aromatic rings. The number of alkyl halides is 1. The van der Waals surface area contributed by atoms with Crippen molar-refractivity contribution in [1.29, 1.82) is 0 Å². The number of halogens is 1. The quantitative estimate of drug-likeness (QED) is 0.795. The normalized spacial score (nSPS) is 23.4. The predicted octanol–water partition coefficient (Wildman–Crippen LogP) is 4.42. The number of nitrogens with one attached hydrogen (secondary N) is 1. The summed E-state index contributed by atoms with van der Waals surface area (Å²) >= 11 is 3.68. The monoisotopic (exact) mass is 337 g/mol. The first kappa shape index (κ1) is 15.6. The Bertz CT molecular complexity index is 461. The molecule has 0 aromatic heterocycles. The second kappa shape index (κ2) is 6.30. The van der Waals surface area contributed by atoms with Gasteiger partial charge in [0, 0.05) is 16.4 Å². The van der Waals surface area contributed by atoms with Crippen molar-refractivity contribution in [2.75, 3.05) is 0 Å². The first-order valence-corrected chi connectivity index (χ1v) is 8.35. The number of carbonyl (C=O) groups is 1. The SMILES string of the molecule is CC(C)(C)c1ccc(C(=O)NC2CCCCC2Br)cc1. The van der Waals surface area contributed by atoms with Gasteiger partial charge in [0.1, 0.15) is 0 Å². The van der Waals surface area contributed by atoms with Gasteiger partial charge >= 0.3 is 0 Å². The van der Waals surface area contributed by atoms with Gasteiger partial charge in [0.15, 0.2) is 0 Å². The van der Waals surface area contributed by atoms with E-state index in [2.05, 4.69) is 54.2 Å². The molecule has 2 unspecified atom stereocenters. The van der Waals surface area contributed by atoms with Crippen molar-refractivity contribution in [2.24, 2.45) is 0 Å². The van der Waals surface area contributed by atoms with Crippen LogP contribution in [0.25, 0.3) is 0 Å². The lowest BCUT2D eigenvalue weighted by Gasteiger charge is -2.28. The Balaban J connectivity index is 2.02. The summed E-state index contributed by atoms with van der Waals surface area (Å²) in [5, 5.41) is 3.16. The van der Waals surface area contributed by atoms with Gasteiger partial charge in [-0.1, -0.05) is 61.7 Å². The summed E-state index contributed by atoms with van der Waals surface area (Å²) < 4.78 is 0. The van der Waals surface area contributed by atoms with E-state index in [1.165, 1.54) is 18.4 Å². The Kier molecular flexibility index (Phi) is 4.90. The van der Waals surface area contributed by atoms with Crippen molar-refractivity contribution < 1.29 is 4.79 Å². The third kappa shape index (κ3) is 3.85.